The van der Waals surface area contributed by atoms with Gasteiger partial charge >= 0.3 is 0 Å². The predicted molar refractivity (Wildman–Crippen MR) is 81.1 cm³/mol. The van der Waals surface area contributed by atoms with Crippen LogP contribution in [-0.4, -0.2) is 37.8 Å². The lowest BCUT2D eigenvalue weighted by Crippen LogP contribution is -2.48. The number of morpholine rings is 1. The minimum atomic E-state index is -0.308. The van der Waals surface area contributed by atoms with Crippen molar-refractivity contribution in [3.8, 4) is 5.75 Å². The zero-order valence-corrected chi connectivity index (χ0v) is 13.2. The van der Waals surface area contributed by atoms with Gasteiger partial charge in [-0.05, 0) is 26.0 Å². The molecule has 0 unspecified atom stereocenters. The fourth-order valence-electron chi connectivity index (χ4n) is 1.94. The Balaban J connectivity index is 2.04. The molecule has 1 fully saturated rings. The fourth-order valence-corrected chi connectivity index (χ4v) is 2.41. The maximum atomic E-state index is 12.1. The molecule has 0 spiro atoms. The Kier molecular flexibility index (Phi) is 5.39. The molecule has 1 saturated heterocycles. The van der Waals surface area contributed by atoms with Crippen molar-refractivity contribution in [3.63, 3.8) is 0 Å². The number of nitrogens with one attached hydrogen (secondary N) is 2. The number of rotatable bonds is 4. The van der Waals surface area contributed by atoms with Crippen LogP contribution in [0.2, 0.25) is 0 Å². The molecule has 5 nitrogen and oxygen atoms in total. The number of benzene rings is 1. The van der Waals surface area contributed by atoms with Crippen LogP contribution in [0.5, 0.6) is 5.75 Å². The first kappa shape index (κ1) is 15.3. The van der Waals surface area contributed by atoms with Crippen LogP contribution in [0.15, 0.2) is 22.7 Å². The van der Waals surface area contributed by atoms with Crippen LogP contribution >= 0.6 is 15.9 Å². The van der Waals surface area contributed by atoms with Crippen molar-refractivity contribution in [1.82, 2.24) is 5.32 Å². The summed E-state index contributed by atoms with van der Waals surface area (Å²) in [6.07, 6.45) is 0.0845. The molecule has 0 saturated carbocycles. The third-order valence-electron chi connectivity index (χ3n) is 2.75. The molecule has 0 bridgehead atoms. The van der Waals surface area contributed by atoms with Gasteiger partial charge in [0.25, 0.3) is 0 Å². The Labute approximate surface area is 127 Å². The first-order valence-electron chi connectivity index (χ1n) is 6.64. The van der Waals surface area contributed by atoms with E-state index in [4.69, 9.17) is 9.47 Å². The Hall–Kier alpha value is -1.11. The van der Waals surface area contributed by atoms with Gasteiger partial charge in [0.1, 0.15) is 11.8 Å². The zero-order valence-electron chi connectivity index (χ0n) is 11.6. The highest BCUT2D eigenvalue weighted by atomic mass is 79.9. The number of carbonyl (C=O) groups excluding carboxylic acids is 1. The van der Waals surface area contributed by atoms with E-state index in [-0.39, 0.29) is 18.1 Å². The second-order valence-electron chi connectivity index (χ2n) is 4.91. The van der Waals surface area contributed by atoms with Crippen LogP contribution < -0.4 is 15.4 Å². The van der Waals surface area contributed by atoms with Gasteiger partial charge in [-0.15, -0.1) is 0 Å². The standard InChI is InChI=1S/C14H19BrN2O3/c1-9(2)20-12-6-10(15)5-11(7-12)17-14(18)13-8-19-4-3-16-13/h5-7,9,13,16H,3-4,8H2,1-2H3,(H,17,18)/t13-/m0/s1. The summed E-state index contributed by atoms with van der Waals surface area (Å²) in [6.45, 7) is 5.66. The Morgan fingerprint density at radius 1 is 1.50 bits per heavy atom. The molecule has 1 aliphatic rings. The van der Waals surface area contributed by atoms with Gasteiger partial charge in [-0.25, -0.2) is 0 Å². The van der Waals surface area contributed by atoms with Crippen molar-refractivity contribution in [1.29, 1.82) is 0 Å². The maximum absolute atomic E-state index is 12.1. The quantitative estimate of drug-likeness (QED) is 0.880. The number of hydrogen-bond donors (Lipinski definition) is 2. The van der Waals surface area contributed by atoms with Crippen LogP contribution in [0.1, 0.15) is 13.8 Å². The molecule has 20 heavy (non-hydrogen) atoms. The van der Waals surface area contributed by atoms with Gasteiger partial charge in [-0.1, -0.05) is 15.9 Å². The highest BCUT2D eigenvalue weighted by Crippen LogP contribution is 2.25. The maximum Gasteiger partial charge on any atom is 0.243 e. The molecule has 0 aliphatic carbocycles. The molecule has 1 heterocycles. The Morgan fingerprint density at radius 2 is 2.30 bits per heavy atom. The third-order valence-corrected chi connectivity index (χ3v) is 3.21. The Morgan fingerprint density at radius 3 is 2.95 bits per heavy atom. The minimum absolute atomic E-state index is 0.0845. The van der Waals surface area contributed by atoms with E-state index in [9.17, 15) is 4.79 Å². The summed E-state index contributed by atoms with van der Waals surface area (Å²) in [5.74, 6) is 0.621. The van der Waals surface area contributed by atoms with E-state index in [1.54, 1.807) is 0 Å². The van der Waals surface area contributed by atoms with E-state index < -0.39 is 0 Å². The molecule has 2 rings (SSSR count). The fraction of sp³-hybridized carbons (Fsp3) is 0.500. The minimum Gasteiger partial charge on any atom is -0.491 e. The molecule has 1 atom stereocenters. The van der Waals surface area contributed by atoms with E-state index in [0.717, 1.165) is 10.2 Å². The highest BCUT2D eigenvalue weighted by Gasteiger charge is 2.21. The lowest BCUT2D eigenvalue weighted by molar-refractivity contribution is -0.120. The number of ether oxygens (including phenoxy) is 2. The van der Waals surface area contributed by atoms with Crippen LogP contribution in [0.4, 0.5) is 5.69 Å². The SMILES string of the molecule is CC(C)Oc1cc(Br)cc(NC(=O)[C@@H]2COCCN2)c1. The molecule has 0 aromatic heterocycles. The van der Waals surface area contributed by atoms with E-state index in [1.807, 2.05) is 32.0 Å². The molecule has 2 N–H and O–H groups in total. The molecule has 1 aromatic carbocycles. The lowest BCUT2D eigenvalue weighted by atomic mass is 10.2. The van der Waals surface area contributed by atoms with Crippen molar-refractivity contribution in [2.45, 2.75) is 26.0 Å². The average Bonchev–Trinajstić information content (AvgIpc) is 2.38. The van der Waals surface area contributed by atoms with Crippen LogP contribution in [0.25, 0.3) is 0 Å². The molecule has 110 valence electrons. The van der Waals surface area contributed by atoms with Gasteiger partial charge in [-0.3, -0.25) is 4.79 Å². The molecular formula is C14H19BrN2O3. The van der Waals surface area contributed by atoms with Crippen LogP contribution in [0.3, 0.4) is 0 Å². The lowest BCUT2D eigenvalue weighted by Gasteiger charge is -2.23. The van der Waals surface area contributed by atoms with Crippen molar-refractivity contribution in [2.75, 3.05) is 25.1 Å². The summed E-state index contributed by atoms with van der Waals surface area (Å²) in [5, 5.41) is 6.00. The van der Waals surface area contributed by atoms with Crippen molar-refractivity contribution < 1.29 is 14.3 Å². The van der Waals surface area contributed by atoms with E-state index in [1.165, 1.54) is 0 Å². The second-order valence-corrected chi connectivity index (χ2v) is 5.83. The van der Waals surface area contributed by atoms with Gasteiger partial charge in [0.2, 0.25) is 5.91 Å². The highest BCUT2D eigenvalue weighted by molar-refractivity contribution is 9.10. The topological polar surface area (TPSA) is 59.6 Å². The number of carbonyl (C=O) groups is 1. The first-order chi connectivity index (χ1) is 9.54. The molecular weight excluding hydrogens is 324 g/mol. The Bertz CT molecular complexity index is 473. The summed E-state index contributed by atoms with van der Waals surface area (Å²) in [4.78, 5) is 12.1. The molecule has 1 aromatic rings. The third kappa shape index (κ3) is 4.47. The van der Waals surface area contributed by atoms with E-state index >= 15 is 0 Å². The summed E-state index contributed by atoms with van der Waals surface area (Å²) in [5.41, 5.74) is 0.701. The summed E-state index contributed by atoms with van der Waals surface area (Å²) < 4.78 is 11.8. The largest absolute Gasteiger partial charge is 0.491 e. The number of hydrogen-bond acceptors (Lipinski definition) is 4. The molecule has 6 heteroatoms. The molecule has 0 radical (unpaired) electrons. The van der Waals surface area contributed by atoms with Gasteiger partial charge in [0.15, 0.2) is 0 Å². The average molecular weight is 343 g/mol. The van der Waals surface area contributed by atoms with Crippen molar-refractivity contribution >= 4 is 27.5 Å². The molecule has 1 amide bonds. The van der Waals surface area contributed by atoms with Gasteiger partial charge < -0.3 is 20.1 Å². The zero-order chi connectivity index (χ0) is 14.5. The summed E-state index contributed by atoms with van der Waals surface area (Å²) >= 11 is 3.42. The monoisotopic (exact) mass is 342 g/mol. The number of amides is 1. The van der Waals surface area contributed by atoms with Gasteiger partial charge in [0, 0.05) is 22.8 Å². The number of anilines is 1. The van der Waals surface area contributed by atoms with Gasteiger partial charge in [0.05, 0.1) is 19.3 Å². The summed E-state index contributed by atoms with van der Waals surface area (Å²) in [7, 11) is 0. The van der Waals surface area contributed by atoms with E-state index in [0.29, 0.717) is 25.4 Å². The summed E-state index contributed by atoms with van der Waals surface area (Å²) in [6, 6.07) is 5.22. The smallest absolute Gasteiger partial charge is 0.243 e. The normalized spacial score (nSPS) is 18.9. The van der Waals surface area contributed by atoms with Crippen LogP contribution in [-0.2, 0) is 9.53 Å². The van der Waals surface area contributed by atoms with Crippen molar-refractivity contribution in [2.24, 2.45) is 0 Å². The predicted octanol–water partition coefficient (Wildman–Crippen LogP) is 2.16. The first-order valence-corrected chi connectivity index (χ1v) is 7.43. The second kappa shape index (κ2) is 7.06. The van der Waals surface area contributed by atoms with Crippen molar-refractivity contribution in [3.05, 3.63) is 22.7 Å². The van der Waals surface area contributed by atoms with Crippen LogP contribution in [0, 0.1) is 0 Å². The van der Waals surface area contributed by atoms with Gasteiger partial charge in [-0.2, -0.15) is 0 Å². The molecule has 1 aliphatic heterocycles. The van der Waals surface area contributed by atoms with E-state index in [2.05, 4.69) is 26.6 Å². The number of halogens is 1.